The van der Waals surface area contributed by atoms with Crippen LogP contribution in [-0.2, 0) is 0 Å². The molecule has 4 nitrogen and oxygen atoms in total. The number of aliphatic hydroxyl groups excluding tert-OH is 1. The van der Waals surface area contributed by atoms with Gasteiger partial charge < -0.3 is 10.4 Å². The fourth-order valence-corrected chi connectivity index (χ4v) is 1.89. The molecule has 1 aromatic rings. The summed E-state index contributed by atoms with van der Waals surface area (Å²) in [5.74, 6) is 0.219. The Kier molecular flexibility index (Phi) is 4.71. The van der Waals surface area contributed by atoms with Crippen molar-refractivity contribution in [3.63, 3.8) is 0 Å². The van der Waals surface area contributed by atoms with Crippen LogP contribution in [0, 0.1) is 12.8 Å². The highest BCUT2D eigenvalue weighted by Crippen LogP contribution is 2.09. The lowest BCUT2D eigenvalue weighted by atomic mass is 10.1. The largest absolute Gasteiger partial charge is 0.396 e. The van der Waals surface area contributed by atoms with Gasteiger partial charge >= 0.3 is 0 Å². The van der Waals surface area contributed by atoms with Crippen molar-refractivity contribution in [3.8, 4) is 0 Å². The molecule has 0 saturated carbocycles. The van der Waals surface area contributed by atoms with E-state index in [1.807, 2.05) is 13.8 Å². The minimum atomic E-state index is -0.0777. The molecule has 1 heterocycles. The molecule has 1 unspecified atom stereocenters. The predicted molar refractivity (Wildman–Crippen MR) is 60.1 cm³/mol. The van der Waals surface area contributed by atoms with Gasteiger partial charge in [-0.2, -0.15) is 4.37 Å². The van der Waals surface area contributed by atoms with Gasteiger partial charge in [0.15, 0.2) is 0 Å². The van der Waals surface area contributed by atoms with E-state index in [1.165, 1.54) is 11.5 Å². The van der Waals surface area contributed by atoms with E-state index >= 15 is 0 Å². The van der Waals surface area contributed by atoms with E-state index in [4.69, 9.17) is 5.11 Å². The minimum absolute atomic E-state index is 0.0777. The normalized spacial score (nSPS) is 12.5. The van der Waals surface area contributed by atoms with Crippen LogP contribution >= 0.6 is 11.5 Å². The fourth-order valence-electron chi connectivity index (χ4n) is 1.19. The van der Waals surface area contributed by atoms with Crippen LogP contribution in [0.4, 0.5) is 0 Å². The zero-order valence-electron chi connectivity index (χ0n) is 8.99. The SMILES string of the molecule is Cc1nscc1C(=O)NCC(C)CCO. The van der Waals surface area contributed by atoms with E-state index in [9.17, 15) is 4.79 Å². The average Bonchev–Trinajstić information content (AvgIpc) is 2.61. The van der Waals surface area contributed by atoms with Crippen molar-refractivity contribution in [3.05, 3.63) is 16.6 Å². The lowest BCUT2D eigenvalue weighted by molar-refractivity contribution is 0.0945. The van der Waals surface area contributed by atoms with Crippen molar-refractivity contribution in [1.82, 2.24) is 9.69 Å². The molecule has 1 atom stereocenters. The van der Waals surface area contributed by atoms with Crippen molar-refractivity contribution < 1.29 is 9.90 Å². The molecule has 15 heavy (non-hydrogen) atoms. The second-order valence-corrected chi connectivity index (χ2v) is 4.27. The van der Waals surface area contributed by atoms with E-state index in [-0.39, 0.29) is 12.5 Å². The summed E-state index contributed by atoms with van der Waals surface area (Å²) in [6.45, 7) is 4.57. The van der Waals surface area contributed by atoms with Crippen LogP contribution in [0.15, 0.2) is 5.38 Å². The molecule has 0 aliphatic carbocycles. The molecule has 2 N–H and O–H groups in total. The van der Waals surface area contributed by atoms with E-state index < -0.39 is 0 Å². The maximum absolute atomic E-state index is 11.6. The molecule has 0 radical (unpaired) electrons. The van der Waals surface area contributed by atoms with Crippen LogP contribution in [0.25, 0.3) is 0 Å². The first-order chi connectivity index (χ1) is 7.15. The third kappa shape index (κ3) is 3.60. The van der Waals surface area contributed by atoms with Crippen molar-refractivity contribution in [2.45, 2.75) is 20.3 Å². The molecule has 5 heteroatoms. The summed E-state index contributed by atoms with van der Waals surface area (Å²) in [5, 5.41) is 13.3. The van der Waals surface area contributed by atoms with Crippen LogP contribution in [0.2, 0.25) is 0 Å². The van der Waals surface area contributed by atoms with E-state index in [2.05, 4.69) is 9.69 Å². The van der Waals surface area contributed by atoms with Crippen molar-refractivity contribution in [2.24, 2.45) is 5.92 Å². The molecule has 0 saturated heterocycles. The second kappa shape index (κ2) is 5.82. The monoisotopic (exact) mass is 228 g/mol. The summed E-state index contributed by atoms with van der Waals surface area (Å²) in [7, 11) is 0. The third-order valence-corrected chi connectivity index (χ3v) is 2.95. The summed E-state index contributed by atoms with van der Waals surface area (Å²) in [4.78, 5) is 11.6. The Hall–Kier alpha value is -0.940. The molecule has 1 aromatic heterocycles. The Bertz CT molecular complexity index is 325. The molecule has 0 aliphatic rings. The molecule has 0 spiro atoms. The summed E-state index contributed by atoms with van der Waals surface area (Å²) < 4.78 is 4.04. The van der Waals surface area contributed by atoms with Gasteiger partial charge in [0.1, 0.15) is 0 Å². The maximum atomic E-state index is 11.6. The Balaban J connectivity index is 2.40. The highest BCUT2D eigenvalue weighted by Gasteiger charge is 2.11. The quantitative estimate of drug-likeness (QED) is 0.796. The van der Waals surface area contributed by atoms with E-state index in [1.54, 1.807) is 5.38 Å². The second-order valence-electron chi connectivity index (χ2n) is 3.64. The lowest BCUT2D eigenvalue weighted by Crippen LogP contribution is -2.28. The Morgan fingerprint density at radius 2 is 2.47 bits per heavy atom. The summed E-state index contributed by atoms with van der Waals surface area (Å²) in [6.07, 6.45) is 0.709. The first kappa shape index (κ1) is 12.1. The molecular weight excluding hydrogens is 212 g/mol. The van der Waals surface area contributed by atoms with E-state index in [0.717, 1.165) is 5.69 Å². The van der Waals surface area contributed by atoms with Crippen LogP contribution in [0.5, 0.6) is 0 Å². The first-order valence-corrected chi connectivity index (χ1v) is 5.78. The number of carbonyl (C=O) groups is 1. The van der Waals surface area contributed by atoms with Crippen molar-refractivity contribution in [2.75, 3.05) is 13.2 Å². The number of aromatic nitrogens is 1. The first-order valence-electron chi connectivity index (χ1n) is 4.95. The summed E-state index contributed by atoms with van der Waals surface area (Å²) >= 11 is 1.29. The molecule has 0 aromatic carbocycles. The van der Waals surface area contributed by atoms with Gasteiger partial charge in [-0.3, -0.25) is 4.79 Å². The minimum Gasteiger partial charge on any atom is -0.396 e. The lowest BCUT2D eigenvalue weighted by Gasteiger charge is -2.10. The molecule has 0 aliphatic heterocycles. The zero-order valence-corrected chi connectivity index (χ0v) is 9.80. The summed E-state index contributed by atoms with van der Waals surface area (Å²) in [6, 6.07) is 0. The van der Waals surface area contributed by atoms with Crippen LogP contribution < -0.4 is 5.32 Å². The number of nitrogens with zero attached hydrogens (tertiary/aromatic N) is 1. The number of hydrogen-bond donors (Lipinski definition) is 2. The van der Waals surface area contributed by atoms with Crippen molar-refractivity contribution >= 4 is 17.4 Å². The van der Waals surface area contributed by atoms with Gasteiger partial charge in [0, 0.05) is 18.5 Å². The van der Waals surface area contributed by atoms with Gasteiger partial charge in [-0.05, 0) is 30.8 Å². The molecule has 0 bridgehead atoms. The van der Waals surface area contributed by atoms with E-state index in [0.29, 0.717) is 24.4 Å². The van der Waals surface area contributed by atoms with Gasteiger partial charge in [0.25, 0.3) is 5.91 Å². The predicted octanol–water partition coefficient (Wildman–Crippen LogP) is 1.20. The zero-order chi connectivity index (χ0) is 11.3. The summed E-state index contributed by atoms with van der Waals surface area (Å²) in [5.41, 5.74) is 1.42. The Morgan fingerprint density at radius 1 is 1.73 bits per heavy atom. The van der Waals surface area contributed by atoms with Crippen LogP contribution in [-0.4, -0.2) is 28.5 Å². The Morgan fingerprint density at radius 3 is 3.00 bits per heavy atom. The van der Waals surface area contributed by atoms with Gasteiger partial charge in [-0.15, -0.1) is 0 Å². The molecular formula is C10H16N2O2S. The molecule has 1 rings (SSSR count). The highest BCUT2D eigenvalue weighted by molar-refractivity contribution is 7.03. The van der Waals surface area contributed by atoms with Gasteiger partial charge in [-0.25, -0.2) is 0 Å². The molecule has 1 amide bonds. The van der Waals surface area contributed by atoms with Crippen LogP contribution in [0.1, 0.15) is 29.4 Å². The smallest absolute Gasteiger partial charge is 0.254 e. The number of carbonyl (C=O) groups excluding carboxylic acids is 1. The standard InChI is InChI=1S/C10H16N2O2S/c1-7(3-4-13)5-11-10(14)9-6-15-12-8(9)2/h6-7,13H,3-5H2,1-2H3,(H,11,14). The van der Waals surface area contributed by atoms with Crippen molar-refractivity contribution in [1.29, 1.82) is 0 Å². The van der Waals surface area contributed by atoms with Crippen LogP contribution in [0.3, 0.4) is 0 Å². The highest BCUT2D eigenvalue weighted by atomic mass is 32.1. The topological polar surface area (TPSA) is 62.2 Å². The third-order valence-electron chi connectivity index (χ3n) is 2.23. The number of aliphatic hydroxyl groups is 1. The number of nitrogens with one attached hydrogen (secondary N) is 1. The molecule has 84 valence electrons. The Labute approximate surface area is 93.5 Å². The number of aryl methyl sites for hydroxylation is 1. The fraction of sp³-hybridized carbons (Fsp3) is 0.600. The molecule has 0 fully saturated rings. The van der Waals surface area contributed by atoms with Gasteiger partial charge in [0.05, 0.1) is 11.3 Å². The van der Waals surface area contributed by atoms with Gasteiger partial charge in [-0.1, -0.05) is 6.92 Å². The number of rotatable bonds is 5. The maximum Gasteiger partial charge on any atom is 0.254 e. The number of amides is 1. The number of hydrogen-bond acceptors (Lipinski definition) is 4. The van der Waals surface area contributed by atoms with Gasteiger partial charge in [0.2, 0.25) is 0 Å². The average molecular weight is 228 g/mol.